The average Bonchev–Trinajstić information content (AvgIpc) is 3.76. The molecule has 0 spiro atoms. The summed E-state index contributed by atoms with van der Waals surface area (Å²) < 4.78 is 31.9. The zero-order chi connectivity index (χ0) is 32.4. The van der Waals surface area contributed by atoms with E-state index in [4.69, 9.17) is 14.2 Å². The molecule has 0 radical (unpaired) electrons. The summed E-state index contributed by atoms with van der Waals surface area (Å²) in [6, 6.07) is 0. The van der Waals surface area contributed by atoms with Crippen molar-refractivity contribution < 1.29 is 38.7 Å². The number of halogens is 1. The van der Waals surface area contributed by atoms with Gasteiger partial charge in [-0.05, 0) is 70.8 Å². The molecule has 3 N–H and O–H groups in total. The van der Waals surface area contributed by atoms with Crippen LogP contribution in [0.1, 0.15) is 162 Å². The highest BCUT2D eigenvalue weighted by molar-refractivity contribution is 5.90. The minimum absolute atomic E-state index is 0.00304. The number of ether oxygens (including phenoxy) is 3. The first-order chi connectivity index (χ1) is 21.8. The molecule has 0 bridgehead atoms. The largest absolute Gasteiger partial charge is 0.455 e. The number of cyclic esters (lactones) is 1. The number of alkyl halides is 1. The van der Waals surface area contributed by atoms with Gasteiger partial charge in [0.1, 0.15) is 12.3 Å². The first-order valence-corrected chi connectivity index (χ1v) is 18.7. The van der Waals surface area contributed by atoms with Crippen molar-refractivity contribution in [3.8, 4) is 0 Å². The summed E-state index contributed by atoms with van der Waals surface area (Å²) in [4.78, 5) is 11.7. The number of aliphatic hydroxyl groups excluding tert-OH is 3. The molecule has 45 heavy (non-hydrogen) atoms. The lowest BCUT2D eigenvalue weighted by Crippen LogP contribution is -2.33. The molecule has 0 aliphatic carbocycles. The molecule has 262 valence electrons. The molecule has 7 nitrogen and oxygen atoms in total. The third-order valence-electron chi connectivity index (χ3n) is 10.1. The fourth-order valence-electron chi connectivity index (χ4n) is 7.27. The summed E-state index contributed by atoms with van der Waals surface area (Å²) in [5.41, 5.74) is 0.555. The van der Waals surface area contributed by atoms with Gasteiger partial charge >= 0.3 is 5.97 Å². The third-order valence-corrected chi connectivity index (χ3v) is 10.1. The molecule has 3 aliphatic rings. The SMILES string of the molecule is CCCCCCCCCC[C@@H](O)C1CC[C@H]([C@H]2CC[C@H](C(O)CCCCC([18F])CCCCCC(O)CC3=C[C@H](C)OC3=O)O2)O1. The zero-order valence-corrected chi connectivity index (χ0v) is 28.4. The molecule has 0 aromatic rings. The van der Waals surface area contributed by atoms with Gasteiger partial charge < -0.3 is 29.5 Å². The number of unbranched alkanes of at least 4 members (excludes halogenated alkanes) is 10. The number of hydrogen-bond donors (Lipinski definition) is 3. The van der Waals surface area contributed by atoms with Gasteiger partial charge in [-0.15, -0.1) is 0 Å². The van der Waals surface area contributed by atoms with E-state index in [-0.39, 0.29) is 36.5 Å². The summed E-state index contributed by atoms with van der Waals surface area (Å²) in [6.45, 7) is 4.05. The smallest absolute Gasteiger partial charge is 0.334 e. The summed E-state index contributed by atoms with van der Waals surface area (Å²) in [5.74, 6) is -0.331. The lowest BCUT2D eigenvalue weighted by molar-refractivity contribution is -0.139. The van der Waals surface area contributed by atoms with Crippen molar-refractivity contribution in [2.75, 3.05) is 0 Å². The van der Waals surface area contributed by atoms with Crippen molar-refractivity contribution in [2.45, 2.75) is 217 Å². The van der Waals surface area contributed by atoms with Gasteiger partial charge in [0.05, 0.1) is 42.7 Å². The van der Waals surface area contributed by atoms with E-state index < -0.39 is 24.5 Å². The molecule has 3 aliphatic heterocycles. The summed E-state index contributed by atoms with van der Waals surface area (Å²) in [7, 11) is 0. The molecule has 9 atom stereocenters. The van der Waals surface area contributed by atoms with Crippen molar-refractivity contribution in [1.82, 2.24) is 0 Å². The predicted molar refractivity (Wildman–Crippen MR) is 176 cm³/mol. The standard InChI is InChI=1S/C37H65FO7/c1-3-4-5-6-7-8-9-13-19-31(40)33-21-23-35(44-33)36-24-22-34(45-36)32(41)20-15-14-17-29(38)16-11-10-12-18-30(39)26-28-25-27(2)43-37(28)42/h25,27,29-36,39-41H,3-24,26H2,1-2H3/t27-,29?,30?,31+,32?,33?,34+,35+,36+/m0/s1/i38-1. The fraction of sp³-hybridized carbons (Fsp3) is 0.919. The Bertz CT molecular complexity index is 838. The number of esters is 1. The van der Waals surface area contributed by atoms with Crippen LogP contribution in [-0.4, -0.2) is 76.3 Å². The summed E-state index contributed by atoms with van der Waals surface area (Å²) >= 11 is 0. The molecule has 2 saturated heterocycles. The second kappa shape index (κ2) is 21.7. The Labute approximate surface area is 272 Å². The molecule has 2 fully saturated rings. The van der Waals surface area contributed by atoms with Gasteiger partial charge in [0, 0.05) is 12.0 Å². The van der Waals surface area contributed by atoms with Crippen LogP contribution in [-0.2, 0) is 19.0 Å². The normalized spacial score (nSPS) is 27.8. The maximum atomic E-state index is 14.4. The maximum absolute atomic E-state index is 14.4. The Morgan fingerprint density at radius 2 is 1.18 bits per heavy atom. The van der Waals surface area contributed by atoms with Gasteiger partial charge in [0.15, 0.2) is 0 Å². The summed E-state index contributed by atoms with van der Waals surface area (Å²) in [5, 5.41) is 31.6. The molecule has 0 saturated carbocycles. The first kappa shape index (κ1) is 38.4. The van der Waals surface area contributed by atoms with Crippen LogP contribution in [0, 0.1) is 0 Å². The Morgan fingerprint density at radius 3 is 1.73 bits per heavy atom. The topological polar surface area (TPSA) is 105 Å². The van der Waals surface area contributed by atoms with E-state index in [0.29, 0.717) is 37.7 Å². The number of hydrogen-bond acceptors (Lipinski definition) is 7. The van der Waals surface area contributed by atoms with E-state index in [9.17, 15) is 24.5 Å². The lowest BCUT2D eigenvalue weighted by atomic mass is 9.99. The number of rotatable bonds is 25. The van der Waals surface area contributed by atoms with E-state index in [2.05, 4.69) is 6.92 Å². The Hall–Kier alpha value is -1.06. The predicted octanol–water partition coefficient (Wildman–Crippen LogP) is 7.81. The molecule has 0 aromatic carbocycles. The van der Waals surface area contributed by atoms with Crippen LogP contribution in [0.5, 0.6) is 0 Å². The molecule has 4 unspecified atom stereocenters. The number of carbonyl (C=O) groups is 1. The second-order valence-electron chi connectivity index (χ2n) is 14.2. The molecule has 3 heterocycles. The maximum Gasteiger partial charge on any atom is 0.334 e. The Kier molecular flexibility index (Phi) is 18.5. The molecule has 0 aromatic heterocycles. The highest BCUT2D eigenvalue weighted by atomic mass is 18.2. The van der Waals surface area contributed by atoms with E-state index in [1.54, 1.807) is 13.0 Å². The number of carbonyl (C=O) groups excluding carboxylic acids is 1. The van der Waals surface area contributed by atoms with Gasteiger partial charge in [-0.2, -0.15) is 0 Å². The van der Waals surface area contributed by atoms with Crippen LogP contribution in [0.4, 0.5) is 4.39 Å². The quantitative estimate of drug-likeness (QED) is 0.0691. The van der Waals surface area contributed by atoms with Gasteiger partial charge in [-0.1, -0.05) is 90.4 Å². The average molecular weight is 640 g/mol. The van der Waals surface area contributed by atoms with Crippen LogP contribution >= 0.6 is 0 Å². The highest BCUT2D eigenvalue weighted by Gasteiger charge is 2.40. The van der Waals surface area contributed by atoms with Gasteiger partial charge in [-0.25, -0.2) is 9.18 Å². The molecule has 0 amide bonds. The fourth-order valence-corrected chi connectivity index (χ4v) is 7.27. The minimum atomic E-state index is -0.836. The van der Waals surface area contributed by atoms with Gasteiger partial charge in [0.2, 0.25) is 0 Å². The molecule has 3 rings (SSSR count). The van der Waals surface area contributed by atoms with Crippen LogP contribution in [0.15, 0.2) is 11.6 Å². The monoisotopic (exact) mass is 639 g/mol. The van der Waals surface area contributed by atoms with Crippen LogP contribution in [0.2, 0.25) is 0 Å². The second-order valence-corrected chi connectivity index (χ2v) is 14.2. The van der Waals surface area contributed by atoms with Gasteiger partial charge in [0.25, 0.3) is 0 Å². The van der Waals surface area contributed by atoms with E-state index in [0.717, 1.165) is 70.6 Å². The lowest BCUT2D eigenvalue weighted by Gasteiger charge is -2.24. The van der Waals surface area contributed by atoms with E-state index >= 15 is 0 Å². The van der Waals surface area contributed by atoms with Crippen molar-refractivity contribution >= 4 is 5.97 Å². The van der Waals surface area contributed by atoms with Crippen molar-refractivity contribution in [3.63, 3.8) is 0 Å². The first-order valence-electron chi connectivity index (χ1n) is 18.7. The molecular formula is C37H65FO7. The van der Waals surface area contributed by atoms with Crippen LogP contribution in [0.25, 0.3) is 0 Å². The minimum Gasteiger partial charge on any atom is -0.455 e. The van der Waals surface area contributed by atoms with Crippen molar-refractivity contribution in [3.05, 3.63) is 11.6 Å². The third kappa shape index (κ3) is 14.7. The molecule has 8 heteroatoms. The molecular weight excluding hydrogens is 574 g/mol. The Balaban J connectivity index is 1.16. The number of aliphatic hydroxyl groups is 3. The van der Waals surface area contributed by atoms with E-state index in [1.807, 2.05) is 0 Å². The van der Waals surface area contributed by atoms with Crippen LogP contribution in [0.3, 0.4) is 0 Å². The van der Waals surface area contributed by atoms with Crippen molar-refractivity contribution in [2.24, 2.45) is 0 Å². The van der Waals surface area contributed by atoms with E-state index in [1.165, 1.54) is 44.9 Å². The zero-order valence-electron chi connectivity index (χ0n) is 28.4. The Morgan fingerprint density at radius 1 is 0.711 bits per heavy atom. The van der Waals surface area contributed by atoms with Crippen LogP contribution < -0.4 is 0 Å². The highest BCUT2D eigenvalue weighted by Crippen LogP contribution is 2.34. The van der Waals surface area contributed by atoms with Crippen molar-refractivity contribution in [1.29, 1.82) is 0 Å². The summed E-state index contributed by atoms with van der Waals surface area (Å²) in [6.07, 6.45) is 19.9. The van der Waals surface area contributed by atoms with Gasteiger partial charge in [-0.3, -0.25) is 0 Å².